The quantitative estimate of drug-likeness (QED) is 0.434. The first kappa shape index (κ1) is 19.2. The van der Waals surface area contributed by atoms with Gasteiger partial charge in [0.1, 0.15) is 0 Å². The summed E-state index contributed by atoms with van der Waals surface area (Å²) in [6.07, 6.45) is 18.7. The molecular weight excluding hydrogens is 304 g/mol. The molecule has 0 heterocycles. The van der Waals surface area contributed by atoms with Crippen molar-refractivity contribution in [2.24, 2.45) is 16.8 Å². The van der Waals surface area contributed by atoms with E-state index in [9.17, 15) is 0 Å². The average molecular weight is 337 g/mol. The summed E-state index contributed by atoms with van der Waals surface area (Å²) in [5.74, 6) is 1.31. The third kappa shape index (κ3) is 6.38. The van der Waals surface area contributed by atoms with Gasteiger partial charge in [0.25, 0.3) is 0 Å². The molecule has 0 spiro atoms. The SMILES string of the molecule is C=C(NCC1=CCC(C)C=C1)\C(N=C(C)C1CC1)=C(C)/C=C\C=C/C. The zero-order valence-corrected chi connectivity index (χ0v) is 16.2. The van der Waals surface area contributed by atoms with Crippen LogP contribution in [-0.4, -0.2) is 12.3 Å². The molecule has 0 saturated heterocycles. The molecule has 0 aromatic heterocycles. The third-order valence-electron chi connectivity index (χ3n) is 4.66. The first-order chi connectivity index (χ1) is 12.0. The summed E-state index contributed by atoms with van der Waals surface area (Å²) in [5.41, 5.74) is 5.55. The maximum absolute atomic E-state index is 4.91. The number of nitrogens with zero attached hydrogens (tertiary/aromatic N) is 1. The summed E-state index contributed by atoms with van der Waals surface area (Å²) in [6, 6.07) is 0. The van der Waals surface area contributed by atoms with Gasteiger partial charge in [-0.2, -0.15) is 0 Å². The molecule has 1 saturated carbocycles. The molecule has 2 aliphatic carbocycles. The average Bonchev–Trinajstić information content (AvgIpc) is 3.44. The van der Waals surface area contributed by atoms with E-state index in [2.05, 4.69) is 63.0 Å². The van der Waals surface area contributed by atoms with Crippen molar-refractivity contribution in [1.29, 1.82) is 0 Å². The minimum Gasteiger partial charge on any atom is -0.380 e. The van der Waals surface area contributed by atoms with Gasteiger partial charge in [-0.05, 0) is 63.0 Å². The van der Waals surface area contributed by atoms with Crippen LogP contribution in [0.1, 0.15) is 47.0 Å². The number of allylic oxidation sites excluding steroid dienone is 7. The van der Waals surface area contributed by atoms with Crippen molar-refractivity contribution in [1.82, 2.24) is 5.32 Å². The molecule has 2 aliphatic rings. The smallest absolute Gasteiger partial charge is 0.0883 e. The number of aliphatic imine (C=N–C) groups is 1. The second-order valence-corrected chi connectivity index (χ2v) is 7.13. The Labute approximate surface area is 153 Å². The molecule has 0 radical (unpaired) electrons. The van der Waals surface area contributed by atoms with Crippen LogP contribution in [0.4, 0.5) is 0 Å². The lowest BCUT2D eigenvalue weighted by Crippen LogP contribution is -2.18. The maximum Gasteiger partial charge on any atom is 0.0883 e. The van der Waals surface area contributed by atoms with Crippen LogP contribution in [0.5, 0.6) is 0 Å². The second-order valence-electron chi connectivity index (χ2n) is 7.13. The topological polar surface area (TPSA) is 24.4 Å². The van der Waals surface area contributed by atoms with Crippen molar-refractivity contribution < 1.29 is 0 Å². The van der Waals surface area contributed by atoms with E-state index in [1.54, 1.807) is 0 Å². The van der Waals surface area contributed by atoms with Gasteiger partial charge in [0, 0.05) is 12.3 Å². The number of hydrogen-bond donors (Lipinski definition) is 1. The Morgan fingerprint density at radius 1 is 1.32 bits per heavy atom. The van der Waals surface area contributed by atoms with E-state index in [-0.39, 0.29) is 0 Å². The summed E-state index contributed by atoms with van der Waals surface area (Å²) < 4.78 is 0. The molecule has 25 heavy (non-hydrogen) atoms. The van der Waals surface area contributed by atoms with Gasteiger partial charge < -0.3 is 5.32 Å². The zero-order valence-electron chi connectivity index (χ0n) is 16.2. The molecule has 0 aliphatic heterocycles. The van der Waals surface area contributed by atoms with E-state index in [0.717, 1.165) is 29.9 Å². The first-order valence-corrected chi connectivity index (χ1v) is 9.37. The Morgan fingerprint density at radius 2 is 2.08 bits per heavy atom. The summed E-state index contributed by atoms with van der Waals surface area (Å²) >= 11 is 0. The van der Waals surface area contributed by atoms with Crippen LogP contribution in [0, 0.1) is 11.8 Å². The first-order valence-electron chi connectivity index (χ1n) is 9.37. The van der Waals surface area contributed by atoms with Crippen LogP contribution in [0.3, 0.4) is 0 Å². The van der Waals surface area contributed by atoms with Crippen molar-refractivity contribution in [2.45, 2.75) is 47.0 Å². The van der Waals surface area contributed by atoms with Crippen LogP contribution in [0.25, 0.3) is 0 Å². The van der Waals surface area contributed by atoms with Crippen LogP contribution in [0.2, 0.25) is 0 Å². The molecule has 134 valence electrons. The monoisotopic (exact) mass is 336 g/mol. The lowest BCUT2D eigenvalue weighted by molar-refractivity contribution is 0.723. The highest BCUT2D eigenvalue weighted by molar-refractivity contribution is 5.87. The highest BCUT2D eigenvalue weighted by atomic mass is 14.9. The molecule has 2 heteroatoms. The predicted molar refractivity (Wildman–Crippen MR) is 111 cm³/mol. The van der Waals surface area contributed by atoms with Crippen LogP contribution in [-0.2, 0) is 0 Å². The maximum atomic E-state index is 4.91. The third-order valence-corrected chi connectivity index (χ3v) is 4.66. The molecule has 1 fully saturated rings. The van der Waals surface area contributed by atoms with Crippen molar-refractivity contribution in [3.8, 4) is 0 Å². The van der Waals surface area contributed by atoms with Crippen molar-refractivity contribution in [2.75, 3.05) is 6.54 Å². The van der Waals surface area contributed by atoms with E-state index < -0.39 is 0 Å². The molecular formula is C23H32N2. The van der Waals surface area contributed by atoms with E-state index in [1.165, 1.54) is 24.1 Å². The lowest BCUT2D eigenvalue weighted by atomic mass is 9.98. The Balaban J connectivity index is 2.10. The fraction of sp³-hybridized carbons (Fsp3) is 0.435. The number of nitrogens with one attached hydrogen (secondary N) is 1. The number of rotatable bonds is 8. The van der Waals surface area contributed by atoms with Crippen molar-refractivity contribution in [3.05, 3.63) is 71.7 Å². The van der Waals surface area contributed by atoms with Gasteiger partial charge in [0.2, 0.25) is 0 Å². The van der Waals surface area contributed by atoms with E-state index in [1.807, 2.05) is 19.1 Å². The zero-order chi connectivity index (χ0) is 18.2. The largest absolute Gasteiger partial charge is 0.380 e. The Hall–Kier alpha value is -2.09. The summed E-state index contributed by atoms with van der Waals surface area (Å²) in [4.78, 5) is 4.91. The molecule has 0 bridgehead atoms. The Kier molecular flexibility index (Phi) is 7.24. The minimum atomic E-state index is 0.646. The van der Waals surface area contributed by atoms with Gasteiger partial charge in [-0.15, -0.1) is 0 Å². The van der Waals surface area contributed by atoms with Crippen molar-refractivity contribution in [3.63, 3.8) is 0 Å². The molecule has 2 nitrogen and oxygen atoms in total. The minimum absolute atomic E-state index is 0.646. The molecule has 1 unspecified atom stereocenters. The molecule has 1 atom stereocenters. The van der Waals surface area contributed by atoms with Gasteiger partial charge in [0.15, 0.2) is 0 Å². The highest BCUT2D eigenvalue weighted by Gasteiger charge is 2.24. The molecule has 0 aromatic rings. The van der Waals surface area contributed by atoms with Gasteiger partial charge >= 0.3 is 0 Å². The van der Waals surface area contributed by atoms with Crippen LogP contribution >= 0.6 is 0 Å². The lowest BCUT2D eigenvalue weighted by Gasteiger charge is -2.16. The fourth-order valence-electron chi connectivity index (χ4n) is 2.75. The van der Waals surface area contributed by atoms with Crippen LogP contribution < -0.4 is 5.32 Å². The summed E-state index contributed by atoms with van der Waals surface area (Å²) in [5, 5.41) is 3.47. The van der Waals surface area contributed by atoms with E-state index in [0.29, 0.717) is 11.8 Å². The standard InChI is InChI=1S/C23H32N2/c1-6-7-8-9-18(3)23(25-19(4)22-14-15-22)20(5)24-16-21-12-10-17(2)11-13-21/h6-10,12-13,17,22,24H,5,11,14-16H2,1-4H3/b7-6-,9-8-,23-18+,25-19?. The van der Waals surface area contributed by atoms with Crippen molar-refractivity contribution >= 4 is 5.71 Å². The molecule has 1 N–H and O–H groups in total. The normalized spacial score (nSPS) is 22.3. The molecule has 2 rings (SSSR count). The van der Waals surface area contributed by atoms with Crippen LogP contribution in [0.15, 0.2) is 76.6 Å². The highest BCUT2D eigenvalue weighted by Crippen LogP contribution is 2.31. The van der Waals surface area contributed by atoms with E-state index in [4.69, 9.17) is 4.99 Å². The predicted octanol–water partition coefficient (Wildman–Crippen LogP) is 5.89. The van der Waals surface area contributed by atoms with Gasteiger partial charge in [-0.25, -0.2) is 0 Å². The summed E-state index contributed by atoms with van der Waals surface area (Å²) in [6.45, 7) is 13.6. The fourth-order valence-corrected chi connectivity index (χ4v) is 2.75. The van der Waals surface area contributed by atoms with Gasteiger partial charge in [0.05, 0.1) is 11.4 Å². The molecule has 0 amide bonds. The summed E-state index contributed by atoms with van der Waals surface area (Å²) in [7, 11) is 0. The molecule has 0 aromatic carbocycles. The number of hydrogen-bond acceptors (Lipinski definition) is 2. The Morgan fingerprint density at radius 3 is 2.68 bits per heavy atom. The van der Waals surface area contributed by atoms with Gasteiger partial charge in [-0.1, -0.05) is 56.0 Å². The second kappa shape index (κ2) is 9.41. The Bertz CT molecular complexity index is 664. The van der Waals surface area contributed by atoms with E-state index >= 15 is 0 Å². The van der Waals surface area contributed by atoms with Gasteiger partial charge in [-0.3, -0.25) is 4.99 Å².